The van der Waals surface area contributed by atoms with Crippen molar-refractivity contribution in [2.24, 2.45) is 11.8 Å². The van der Waals surface area contributed by atoms with Crippen molar-refractivity contribution in [2.75, 3.05) is 32.6 Å². The molecular formula is C30H33ClN4O3. The zero-order valence-corrected chi connectivity index (χ0v) is 22.6. The van der Waals surface area contributed by atoms with E-state index < -0.39 is 0 Å². The number of ether oxygens (including phenoxy) is 1. The molecule has 0 amide bonds. The molecule has 0 atom stereocenters. The Kier molecular flexibility index (Phi) is 7.73. The number of aromatic nitrogens is 1. The summed E-state index contributed by atoms with van der Waals surface area (Å²) >= 11 is 6.28. The molecule has 2 saturated carbocycles. The molecule has 2 aliphatic carbocycles. The van der Waals surface area contributed by atoms with Gasteiger partial charge in [-0.2, -0.15) is 5.26 Å². The summed E-state index contributed by atoms with van der Waals surface area (Å²) in [7, 11) is 3.49. The molecule has 0 spiro atoms. The summed E-state index contributed by atoms with van der Waals surface area (Å²) in [4.78, 5) is 20.0. The molecule has 38 heavy (non-hydrogen) atoms. The molecule has 0 unspecified atom stereocenters. The standard InChI is InChI=1S/C30H33ClN4O3/c1-35(12-11-32)17-18-3-8-22(9-4-18)34-28-23-13-20(21-14-25(31)30(37)27(15-21)38-2)7-10-26(23)33-16-24(28)29(36)19-5-6-19/h7,10,13-16,18-19,22,37H,3-6,8-9,12,17H2,1-2H3,(H,33,34). The molecule has 7 nitrogen and oxygen atoms in total. The van der Waals surface area contributed by atoms with Crippen LogP contribution < -0.4 is 10.1 Å². The molecule has 0 aliphatic heterocycles. The Morgan fingerprint density at radius 3 is 2.63 bits per heavy atom. The second-order valence-corrected chi connectivity index (χ2v) is 11.1. The summed E-state index contributed by atoms with van der Waals surface area (Å²) in [5.74, 6) is 1.04. The number of nitrogens with zero attached hydrogens (tertiary/aromatic N) is 3. The predicted octanol–water partition coefficient (Wildman–Crippen LogP) is 6.29. The van der Waals surface area contributed by atoms with E-state index in [0.29, 0.717) is 23.8 Å². The lowest BCUT2D eigenvalue weighted by Crippen LogP contribution is -2.32. The number of ketones is 1. The highest BCUT2D eigenvalue weighted by atomic mass is 35.5. The topological polar surface area (TPSA) is 98.5 Å². The Morgan fingerprint density at radius 2 is 1.95 bits per heavy atom. The van der Waals surface area contributed by atoms with Crippen molar-refractivity contribution in [3.05, 3.63) is 47.1 Å². The van der Waals surface area contributed by atoms with Crippen LogP contribution in [-0.2, 0) is 0 Å². The molecule has 1 heterocycles. The van der Waals surface area contributed by atoms with Crippen LogP contribution in [0.3, 0.4) is 0 Å². The Bertz CT molecular complexity index is 1390. The van der Waals surface area contributed by atoms with Crippen LogP contribution in [0.2, 0.25) is 5.02 Å². The molecular weight excluding hydrogens is 500 g/mol. The van der Waals surface area contributed by atoms with Crippen LogP contribution in [0.25, 0.3) is 22.0 Å². The maximum atomic E-state index is 13.3. The number of carbonyl (C=O) groups excluding carboxylic acids is 1. The van der Waals surface area contributed by atoms with Crippen LogP contribution in [0.1, 0.15) is 48.9 Å². The van der Waals surface area contributed by atoms with E-state index in [4.69, 9.17) is 21.6 Å². The first-order valence-corrected chi connectivity index (χ1v) is 13.6. The maximum Gasteiger partial charge on any atom is 0.176 e. The van der Waals surface area contributed by atoms with Gasteiger partial charge in [0.25, 0.3) is 0 Å². The van der Waals surface area contributed by atoms with Gasteiger partial charge in [-0.15, -0.1) is 0 Å². The lowest BCUT2D eigenvalue weighted by Gasteiger charge is -2.32. The van der Waals surface area contributed by atoms with E-state index >= 15 is 0 Å². The van der Waals surface area contributed by atoms with Crippen LogP contribution in [0.4, 0.5) is 5.69 Å². The zero-order chi connectivity index (χ0) is 26.8. The molecule has 2 aromatic carbocycles. The van der Waals surface area contributed by atoms with Gasteiger partial charge in [-0.3, -0.25) is 14.7 Å². The number of phenols is 1. The fourth-order valence-electron chi connectivity index (χ4n) is 5.50. The zero-order valence-electron chi connectivity index (χ0n) is 21.8. The molecule has 198 valence electrons. The minimum Gasteiger partial charge on any atom is -0.503 e. The van der Waals surface area contributed by atoms with E-state index in [1.807, 2.05) is 25.2 Å². The van der Waals surface area contributed by atoms with Gasteiger partial charge in [0.05, 0.1) is 41.5 Å². The van der Waals surface area contributed by atoms with E-state index in [0.717, 1.165) is 72.8 Å². The number of phenolic OH excluding ortho intramolecular Hbond substituents is 1. The second kappa shape index (κ2) is 11.2. The number of nitrogens with one attached hydrogen (secondary N) is 1. The Hall–Kier alpha value is -3.34. The van der Waals surface area contributed by atoms with Crippen molar-refractivity contribution in [3.8, 4) is 28.7 Å². The molecule has 2 N–H and O–H groups in total. The third-order valence-electron chi connectivity index (χ3n) is 7.77. The first kappa shape index (κ1) is 26.3. The van der Waals surface area contributed by atoms with Crippen molar-refractivity contribution in [1.29, 1.82) is 5.26 Å². The minimum absolute atomic E-state index is 0.0876. The van der Waals surface area contributed by atoms with Crippen LogP contribution in [-0.4, -0.2) is 54.1 Å². The summed E-state index contributed by atoms with van der Waals surface area (Å²) in [5.41, 5.74) is 4.03. The molecule has 8 heteroatoms. The number of benzene rings is 2. The van der Waals surface area contributed by atoms with Crippen LogP contribution in [0, 0.1) is 23.2 Å². The van der Waals surface area contributed by atoms with E-state index in [1.54, 1.807) is 18.3 Å². The van der Waals surface area contributed by atoms with Gasteiger partial charge < -0.3 is 15.2 Å². The van der Waals surface area contributed by atoms with E-state index in [2.05, 4.69) is 21.3 Å². The predicted molar refractivity (Wildman–Crippen MR) is 150 cm³/mol. The number of methoxy groups -OCH3 is 1. The van der Waals surface area contributed by atoms with Gasteiger partial charge in [-0.05, 0) is 86.9 Å². The van der Waals surface area contributed by atoms with E-state index in [-0.39, 0.29) is 28.5 Å². The number of halogens is 1. The Labute approximate surface area is 228 Å². The monoisotopic (exact) mass is 532 g/mol. The number of aromatic hydroxyl groups is 1. The highest BCUT2D eigenvalue weighted by molar-refractivity contribution is 6.32. The molecule has 3 aromatic rings. The summed E-state index contributed by atoms with van der Waals surface area (Å²) in [6, 6.07) is 11.9. The molecule has 5 rings (SSSR count). The van der Waals surface area contributed by atoms with Crippen molar-refractivity contribution in [3.63, 3.8) is 0 Å². The Balaban J connectivity index is 1.47. The molecule has 0 saturated heterocycles. The minimum atomic E-state index is -0.0885. The summed E-state index contributed by atoms with van der Waals surface area (Å²) in [6.45, 7) is 1.39. The van der Waals surface area contributed by atoms with Gasteiger partial charge >= 0.3 is 0 Å². The number of hydrogen-bond donors (Lipinski definition) is 2. The lowest BCUT2D eigenvalue weighted by atomic mass is 9.85. The van der Waals surface area contributed by atoms with Gasteiger partial charge in [0.15, 0.2) is 17.3 Å². The molecule has 1 aromatic heterocycles. The van der Waals surface area contributed by atoms with Crippen molar-refractivity contribution in [1.82, 2.24) is 9.88 Å². The first-order chi connectivity index (χ1) is 18.4. The molecule has 2 aliphatic rings. The molecule has 2 fully saturated rings. The average molecular weight is 533 g/mol. The number of Topliss-reactive ketones (excluding diaryl/α,β-unsaturated/α-hetero) is 1. The van der Waals surface area contributed by atoms with E-state index in [9.17, 15) is 9.90 Å². The van der Waals surface area contributed by atoms with Crippen molar-refractivity contribution >= 4 is 34.0 Å². The number of anilines is 1. The fourth-order valence-corrected chi connectivity index (χ4v) is 5.71. The van der Waals surface area contributed by atoms with Gasteiger partial charge in [0, 0.05) is 30.1 Å². The number of hydrogen-bond acceptors (Lipinski definition) is 7. The highest BCUT2D eigenvalue weighted by Crippen LogP contribution is 2.41. The third kappa shape index (κ3) is 5.57. The van der Waals surface area contributed by atoms with Gasteiger partial charge in [-0.25, -0.2) is 0 Å². The normalized spacial score (nSPS) is 19.3. The quantitative estimate of drug-likeness (QED) is 0.247. The van der Waals surface area contributed by atoms with E-state index in [1.165, 1.54) is 7.11 Å². The maximum absolute atomic E-state index is 13.3. The molecule has 0 radical (unpaired) electrons. The van der Waals surface area contributed by atoms with Crippen LogP contribution >= 0.6 is 11.6 Å². The molecule has 0 bridgehead atoms. The second-order valence-electron chi connectivity index (χ2n) is 10.6. The number of nitriles is 1. The average Bonchev–Trinajstić information content (AvgIpc) is 3.77. The first-order valence-electron chi connectivity index (χ1n) is 13.2. The van der Waals surface area contributed by atoms with Gasteiger partial charge in [-0.1, -0.05) is 17.7 Å². The number of fused-ring (bicyclic) bond motifs is 1. The fraction of sp³-hybridized carbons (Fsp3) is 0.433. The van der Waals surface area contributed by atoms with Crippen molar-refractivity contribution < 1.29 is 14.6 Å². The summed E-state index contributed by atoms with van der Waals surface area (Å²) in [5, 5.41) is 24.0. The smallest absolute Gasteiger partial charge is 0.176 e. The number of carbonyl (C=O) groups is 1. The highest BCUT2D eigenvalue weighted by Gasteiger charge is 2.33. The lowest BCUT2D eigenvalue weighted by molar-refractivity contribution is 0.0968. The SMILES string of the molecule is COc1cc(-c2ccc3ncc(C(=O)C4CC4)c(NC4CCC(CN(C)CC#N)CC4)c3c2)cc(Cl)c1O. The van der Waals surface area contributed by atoms with Crippen molar-refractivity contribution in [2.45, 2.75) is 44.6 Å². The van der Waals surface area contributed by atoms with Gasteiger partial charge in [0.2, 0.25) is 0 Å². The van der Waals surface area contributed by atoms with Crippen LogP contribution in [0.15, 0.2) is 36.5 Å². The number of pyridine rings is 1. The summed E-state index contributed by atoms with van der Waals surface area (Å²) in [6.07, 6.45) is 7.78. The summed E-state index contributed by atoms with van der Waals surface area (Å²) < 4.78 is 5.31. The van der Waals surface area contributed by atoms with Crippen LogP contribution in [0.5, 0.6) is 11.5 Å². The Morgan fingerprint density at radius 1 is 1.18 bits per heavy atom. The third-order valence-corrected chi connectivity index (χ3v) is 8.06. The van der Waals surface area contributed by atoms with Gasteiger partial charge in [0.1, 0.15) is 0 Å². The number of rotatable bonds is 9. The largest absolute Gasteiger partial charge is 0.503 e.